The van der Waals surface area contributed by atoms with Crippen LogP contribution in [0.4, 0.5) is 0 Å². The molecule has 0 radical (unpaired) electrons. The molecule has 0 aliphatic heterocycles. The number of carboxylic acids is 1. The van der Waals surface area contributed by atoms with E-state index in [1.165, 1.54) is 6.92 Å². The van der Waals surface area contributed by atoms with Crippen LogP contribution in [0.25, 0.3) is 0 Å². The summed E-state index contributed by atoms with van der Waals surface area (Å²) in [7, 11) is -4.10. The third-order valence-electron chi connectivity index (χ3n) is 6.70. The van der Waals surface area contributed by atoms with Gasteiger partial charge < -0.3 is 19.3 Å². The summed E-state index contributed by atoms with van der Waals surface area (Å²) in [5.74, 6) is -0.158. The maximum Gasteiger partial charge on any atom is 0.305 e. The van der Waals surface area contributed by atoms with Crippen LogP contribution in [0.15, 0.2) is 12.1 Å². The number of carboxylic acid groups (broad SMARTS) is 1. The van der Waals surface area contributed by atoms with Crippen molar-refractivity contribution in [3.05, 3.63) is 22.7 Å². The zero-order valence-corrected chi connectivity index (χ0v) is 23.4. The Kier molecular flexibility index (Phi) is 11.3. The summed E-state index contributed by atoms with van der Waals surface area (Å²) in [6.45, 7) is 14.3. The lowest BCUT2D eigenvalue weighted by atomic mass is 10.0. The number of carbonyl (C=O) groups is 2. The molecule has 1 rings (SSSR count). The van der Waals surface area contributed by atoms with E-state index >= 15 is 0 Å². The minimum Gasteiger partial charge on any atom is -0.541 e. The Labute approximate surface area is 200 Å². The molecule has 0 fully saturated rings. The molecule has 1 aromatic carbocycles. The molecule has 2 N–H and O–H groups in total. The van der Waals surface area contributed by atoms with Gasteiger partial charge in [-0.2, -0.15) is 0 Å². The highest BCUT2D eigenvalue weighted by molar-refractivity contribution is 6.75. The van der Waals surface area contributed by atoms with Gasteiger partial charge in [0.2, 0.25) is 5.91 Å². The first kappa shape index (κ1) is 28.5. The average molecular weight is 502 g/mol. The molecule has 0 bridgehead atoms. The summed E-state index contributed by atoms with van der Waals surface area (Å²) in [5, 5.41) is 12.5. The van der Waals surface area contributed by atoms with Crippen molar-refractivity contribution in [3.63, 3.8) is 0 Å². The molecule has 32 heavy (non-hydrogen) atoms. The number of halogens is 1. The number of amides is 1. The number of rotatable bonds is 14. The second-order valence-electron chi connectivity index (χ2n) is 8.37. The van der Waals surface area contributed by atoms with Crippen molar-refractivity contribution in [3.8, 4) is 11.5 Å². The fourth-order valence-corrected chi connectivity index (χ4v) is 9.47. The molecule has 0 unspecified atom stereocenters. The lowest BCUT2D eigenvalue weighted by Gasteiger charge is -2.34. The van der Waals surface area contributed by atoms with Gasteiger partial charge in [-0.1, -0.05) is 53.1 Å². The van der Waals surface area contributed by atoms with Crippen LogP contribution >= 0.6 is 11.6 Å². The average Bonchev–Trinajstić information content (AvgIpc) is 2.76. The van der Waals surface area contributed by atoms with E-state index in [9.17, 15) is 14.7 Å². The molecule has 9 heteroatoms. The lowest BCUT2D eigenvalue weighted by Crippen LogP contribution is -2.41. The molecule has 0 aliphatic carbocycles. The summed E-state index contributed by atoms with van der Waals surface area (Å²) in [4.78, 5) is 23.2. The number of hydrogen-bond donors (Lipinski definition) is 2. The topological polar surface area (TPSA) is 84.9 Å². The van der Waals surface area contributed by atoms with E-state index in [2.05, 4.69) is 46.9 Å². The van der Waals surface area contributed by atoms with Gasteiger partial charge in [-0.05, 0) is 54.0 Å². The van der Waals surface area contributed by atoms with Gasteiger partial charge in [-0.15, -0.1) is 0 Å². The Morgan fingerprint density at radius 1 is 0.938 bits per heavy atom. The quantitative estimate of drug-likeness (QED) is 0.275. The van der Waals surface area contributed by atoms with Gasteiger partial charge in [-0.25, -0.2) is 0 Å². The summed E-state index contributed by atoms with van der Waals surface area (Å²) >= 11 is 6.76. The second kappa shape index (κ2) is 12.7. The van der Waals surface area contributed by atoms with Crippen molar-refractivity contribution in [2.75, 3.05) is 0 Å². The van der Waals surface area contributed by atoms with Crippen LogP contribution in [0.3, 0.4) is 0 Å². The van der Waals surface area contributed by atoms with Crippen LogP contribution in [-0.4, -0.2) is 33.6 Å². The second-order valence-corrected chi connectivity index (χ2v) is 18.2. The Morgan fingerprint density at radius 2 is 1.41 bits per heavy atom. The predicted molar refractivity (Wildman–Crippen MR) is 136 cm³/mol. The molecular formula is C23H40ClNO5Si2. The largest absolute Gasteiger partial charge is 0.541 e. The highest BCUT2D eigenvalue weighted by atomic mass is 35.5. The number of carbonyl (C=O) groups excluding carboxylic acids is 1. The van der Waals surface area contributed by atoms with Crippen molar-refractivity contribution in [2.45, 2.75) is 97.2 Å². The normalized spacial score (nSPS) is 12.9. The molecule has 0 saturated carbocycles. The van der Waals surface area contributed by atoms with Gasteiger partial charge in [0.1, 0.15) is 5.75 Å². The molecule has 0 spiro atoms. The smallest absolute Gasteiger partial charge is 0.305 e. The highest BCUT2D eigenvalue weighted by Gasteiger charge is 2.36. The van der Waals surface area contributed by atoms with E-state index < -0.39 is 28.6 Å². The van der Waals surface area contributed by atoms with E-state index in [4.69, 9.17) is 20.5 Å². The molecule has 1 aromatic rings. The van der Waals surface area contributed by atoms with E-state index in [-0.39, 0.29) is 12.3 Å². The van der Waals surface area contributed by atoms with Crippen molar-refractivity contribution < 1.29 is 23.5 Å². The zero-order chi connectivity index (χ0) is 24.5. The minimum atomic E-state index is -2.07. The Bertz CT molecular complexity index is 749. The van der Waals surface area contributed by atoms with E-state index in [0.29, 0.717) is 22.1 Å². The lowest BCUT2D eigenvalue weighted by molar-refractivity contribution is -0.137. The Balaban J connectivity index is 3.68. The van der Waals surface area contributed by atoms with Gasteiger partial charge in [0.15, 0.2) is 5.75 Å². The number of aliphatic carboxylic acids is 1. The fourth-order valence-electron chi connectivity index (χ4n) is 4.02. The van der Waals surface area contributed by atoms with Crippen LogP contribution in [0, 0.1) is 0 Å². The van der Waals surface area contributed by atoms with Gasteiger partial charge >= 0.3 is 5.97 Å². The zero-order valence-electron chi connectivity index (χ0n) is 20.6. The van der Waals surface area contributed by atoms with Crippen molar-refractivity contribution in [2.24, 2.45) is 0 Å². The standard InChI is InChI=1S/C23H40ClNO5Si2/c1-8-31(9-2,10-3)29-21-15-18(20(16-22(27)28)25-17(7)26)14-19(24)23(21)30-32(11-4,12-5)13-6/h14-15,20H,8-13,16H2,1-7H3,(H,25,26)(H,27,28)/t20-/m0/s1. The van der Waals surface area contributed by atoms with Gasteiger partial charge in [0, 0.05) is 6.92 Å². The van der Waals surface area contributed by atoms with Crippen LogP contribution in [-0.2, 0) is 9.59 Å². The van der Waals surface area contributed by atoms with E-state index in [0.717, 1.165) is 36.3 Å². The van der Waals surface area contributed by atoms with E-state index in [1.54, 1.807) is 6.07 Å². The minimum absolute atomic E-state index is 0.245. The molecule has 0 saturated heterocycles. The fraction of sp³-hybridized carbons (Fsp3) is 0.652. The van der Waals surface area contributed by atoms with Crippen molar-refractivity contribution in [1.82, 2.24) is 5.32 Å². The molecular weight excluding hydrogens is 462 g/mol. The SMILES string of the molecule is CC[Si](CC)(CC)Oc1cc([C@H](CC(=O)O)NC(C)=O)cc(Cl)c1O[Si](CC)(CC)CC. The monoisotopic (exact) mass is 501 g/mol. The van der Waals surface area contributed by atoms with Crippen LogP contribution in [0.5, 0.6) is 11.5 Å². The number of hydrogen-bond acceptors (Lipinski definition) is 4. The molecule has 0 aliphatic rings. The maximum atomic E-state index is 11.7. The first-order valence-corrected chi connectivity index (χ1v) is 17.2. The molecule has 1 atom stereocenters. The third-order valence-corrected chi connectivity index (χ3v) is 16.0. The number of benzene rings is 1. The van der Waals surface area contributed by atoms with Crippen molar-refractivity contribution in [1.29, 1.82) is 0 Å². The van der Waals surface area contributed by atoms with Crippen LogP contribution in [0.2, 0.25) is 41.3 Å². The van der Waals surface area contributed by atoms with Crippen molar-refractivity contribution >= 4 is 40.1 Å². The first-order chi connectivity index (χ1) is 15.0. The maximum absolute atomic E-state index is 11.7. The summed E-state index contributed by atoms with van der Waals surface area (Å²) < 4.78 is 13.4. The summed E-state index contributed by atoms with van der Waals surface area (Å²) in [6, 6.07) is 8.56. The van der Waals surface area contributed by atoms with E-state index in [1.807, 2.05) is 6.07 Å². The third kappa shape index (κ3) is 7.25. The predicted octanol–water partition coefficient (Wildman–Crippen LogP) is 6.76. The molecule has 0 aromatic heterocycles. The first-order valence-electron chi connectivity index (χ1n) is 11.7. The van der Waals surface area contributed by atoms with Crippen LogP contribution in [0.1, 0.15) is 66.5 Å². The molecule has 6 nitrogen and oxygen atoms in total. The van der Waals surface area contributed by atoms with Gasteiger partial charge in [-0.3, -0.25) is 9.59 Å². The Hall–Kier alpha value is -1.52. The highest BCUT2D eigenvalue weighted by Crippen LogP contribution is 2.43. The molecule has 182 valence electrons. The number of nitrogens with one attached hydrogen (secondary N) is 1. The van der Waals surface area contributed by atoms with Gasteiger partial charge in [0.05, 0.1) is 17.5 Å². The van der Waals surface area contributed by atoms with Crippen LogP contribution < -0.4 is 14.2 Å². The summed E-state index contributed by atoms with van der Waals surface area (Å²) in [6.07, 6.45) is -0.245. The Morgan fingerprint density at radius 3 is 1.81 bits per heavy atom. The molecule has 1 amide bonds. The summed E-state index contributed by atoms with van der Waals surface area (Å²) in [5.41, 5.74) is 0.609. The van der Waals surface area contributed by atoms with Gasteiger partial charge in [0.25, 0.3) is 16.6 Å². The molecule has 0 heterocycles.